The second-order valence-electron chi connectivity index (χ2n) is 11.8. The van der Waals surface area contributed by atoms with Gasteiger partial charge in [-0.2, -0.15) is 0 Å². The van der Waals surface area contributed by atoms with E-state index in [0.717, 1.165) is 73.5 Å². The van der Waals surface area contributed by atoms with E-state index in [9.17, 15) is 9.59 Å². The van der Waals surface area contributed by atoms with E-state index in [2.05, 4.69) is 52.5 Å². The molecule has 0 radical (unpaired) electrons. The molecule has 0 atom stereocenters. The summed E-state index contributed by atoms with van der Waals surface area (Å²) in [6, 6.07) is 20.0. The van der Waals surface area contributed by atoms with Crippen LogP contribution in [0.4, 0.5) is 11.4 Å². The summed E-state index contributed by atoms with van der Waals surface area (Å²) in [5.41, 5.74) is 11.4. The molecule has 3 aromatic rings. The predicted octanol–water partition coefficient (Wildman–Crippen LogP) is 4.56. The number of nitrogens with two attached hydrogens (primary N) is 1. The van der Waals surface area contributed by atoms with E-state index in [0.29, 0.717) is 43.1 Å². The molecule has 9 heteroatoms. The number of hydrogen-bond donors (Lipinski definition) is 2. The lowest BCUT2D eigenvalue weighted by molar-refractivity contribution is -0.122. The van der Waals surface area contributed by atoms with E-state index in [1.807, 2.05) is 17.0 Å². The number of rotatable bonds is 10. The van der Waals surface area contributed by atoms with Gasteiger partial charge in [-0.05, 0) is 85.9 Å². The number of likely N-dealkylation sites (N-methyl/N-ethyl adjacent to an activating group) is 1. The number of nitrogens with zero attached hydrogens (tertiary/aromatic N) is 3. The quantitative estimate of drug-likeness (QED) is 0.361. The lowest BCUT2D eigenvalue weighted by Gasteiger charge is -2.35. The average molecular weight is 584 g/mol. The maximum atomic E-state index is 13.6. The molecular weight excluding hydrogens is 542 g/mol. The van der Waals surface area contributed by atoms with Crippen molar-refractivity contribution in [2.75, 3.05) is 63.3 Å². The van der Waals surface area contributed by atoms with Crippen LogP contribution in [-0.4, -0.2) is 74.7 Å². The van der Waals surface area contributed by atoms with Crippen LogP contribution in [0.5, 0.6) is 11.5 Å². The number of hydrogen-bond acceptors (Lipinski definition) is 7. The van der Waals surface area contributed by atoms with Crippen LogP contribution in [0.2, 0.25) is 0 Å². The van der Waals surface area contributed by atoms with Gasteiger partial charge in [0.05, 0.1) is 11.4 Å². The molecule has 0 spiro atoms. The zero-order valence-electron chi connectivity index (χ0n) is 24.9. The molecule has 1 saturated heterocycles. The van der Waals surface area contributed by atoms with Crippen LogP contribution in [0.3, 0.4) is 0 Å². The molecule has 3 aliphatic rings. The smallest absolute Gasteiger partial charge is 0.254 e. The molecule has 43 heavy (non-hydrogen) atoms. The Bertz CT molecular complexity index is 1460. The summed E-state index contributed by atoms with van der Waals surface area (Å²) in [6.45, 7) is 5.49. The van der Waals surface area contributed by atoms with Crippen molar-refractivity contribution < 1.29 is 19.1 Å². The van der Waals surface area contributed by atoms with Crippen molar-refractivity contribution in [3.63, 3.8) is 0 Å². The van der Waals surface area contributed by atoms with Crippen LogP contribution < -0.4 is 25.4 Å². The molecule has 6 rings (SSSR count). The third kappa shape index (κ3) is 6.63. The number of ether oxygens (including phenoxy) is 2. The predicted molar refractivity (Wildman–Crippen MR) is 169 cm³/mol. The number of carbonyl (C=O) groups is 2. The maximum absolute atomic E-state index is 13.6. The monoisotopic (exact) mass is 583 g/mol. The highest BCUT2D eigenvalue weighted by molar-refractivity contribution is 5.97. The minimum absolute atomic E-state index is 0.0744. The number of carbonyl (C=O) groups excluding carboxylic acids is 2. The van der Waals surface area contributed by atoms with Crippen molar-refractivity contribution in [1.82, 2.24) is 9.80 Å². The van der Waals surface area contributed by atoms with Crippen LogP contribution in [-0.2, 0) is 11.3 Å². The van der Waals surface area contributed by atoms with Gasteiger partial charge >= 0.3 is 0 Å². The van der Waals surface area contributed by atoms with Gasteiger partial charge in [0.25, 0.3) is 5.91 Å². The maximum Gasteiger partial charge on any atom is 0.254 e. The van der Waals surface area contributed by atoms with Gasteiger partial charge in [0.15, 0.2) is 11.5 Å². The Labute approximate surface area is 253 Å². The minimum atomic E-state index is -0.0744. The topological polar surface area (TPSA) is 100 Å². The lowest BCUT2D eigenvalue weighted by Crippen LogP contribution is -2.44. The van der Waals surface area contributed by atoms with Gasteiger partial charge in [-0.25, -0.2) is 0 Å². The summed E-state index contributed by atoms with van der Waals surface area (Å²) >= 11 is 0. The third-order valence-corrected chi connectivity index (χ3v) is 8.75. The molecule has 226 valence electrons. The number of benzene rings is 3. The highest BCUT2D eigenvalue weighted by Crippen LogP contribution is 2.36. The van der Waals surface area contributed by atoms with Gasteiger partial charge in [0, 0.05) is 50.7 Å². The first-order valence-corrected chi connectivity index (χ1v) is 15.4. The van der Waals surface area contributed by atoms with Crippen molar-refractivity contribution in [3.8, 4) is 22.6 Å². The molecule has 1 saturated carbocycles. The van der Waals surface area contributed by atoms with Crippen LogP contribution >= 0.6 is 0 Å². The average Bonchev–Trinajstić information content (AvgIpc) is 3.47. The van der Waals surface area contributed by atoms with Crippen molar-refractivity contribution in [3.05, 3.63) is 71.8 Å². The largest absolute Gasteiger partial charge is 0.454 e. The molecule has 3 N–H and O–H groups in total. The molecule has 0 bridgehead atoms. The summed E-state index contributed by atoms with van der Waals surface area (Å²) in [7, 11) is 2.15. The van der Waals surface area contributed by atoms with Gasteiger partial charge in [-0.15, -0.1) is 0 Å². The molecular formula is C34H41N5O4. The van der Waals surface area contributed by atoms with Gasteiger partial charge in [0.1, 0.15) is 0 Å². The summed E-state index contributed by atoms with van der Waals surface area (Å²) in [4.78, 5) is 33.2. The highest BCUT2D eigenvalue weighted by Gasteiger charge is 2.27. The van der Waals surface area contributed by atoms with Crippen molar-refractivity contribution in [2.45, 2.75) is 32.2 Å². The van der Waals surface area contributed by atoms with Gasteiger partial charge in [-0.3, -0.25) is 9.59 Å². The molecule has 1 aliphatic carbocycles. The van der Waals surface area contributed by atoms with Crippen LogP contribution in [0.15, 0.2) is 60.7 Å². The first kappa shape index (κ1) is 29.0. The molecule has 2 amide bonds. The standard InChI is InChI=1S/C34H41N5O4/c1-37-15-17-38(18-16-37)30-11-9-27(20-29(30)36-33(40)25-6-3-7-25)26-8-2-5-24(19-26)22-39(14-4-13-35)34(41)28-10-12-31-32(21-28)43-23-42-31/h2,5,8-12,19-21,25H,3-4,6-7,13-18,22-23,35H2,1H3,(H,36,40). The molecule has 2 heterocycles. The Morgan fingerprint density at radius 3 is 2.51 bits per heavy atom. The fourth-order valence-electron chi connectivity index (χ4n) is 5.86. The van der Waals surface area contributed by atoms with Gasteiger partial charge in [0.2, 0.25) is 12.7 Å². The lowest BCUT2D eigenvalue weighted by atomic mass is 9.85. The zero-order valence-corrected chi connectivity index (χ0v) is 24.9. The minimum Gasteiger partial charge on any atom is -0.454 e. The SMILES string of the molecule is CN1CCN(c2ccc(-c3cccc(CN(CCCN)C(=O)c4ccc5c(c4)OCO5)c3)cc2NC(=O)C2CCC2)CC1. The van der Waals surface area contributed by atoms with E-state index in [4.69, 9.17) is 15.2 Å². The van der Waals surface area contributed by atoms with Crippen LogP contribution in [0, 0.1) is 5.92 Å². The number of nitrogens with one attached hydrogen (secondary N) is 1. The first-order chi connectivity index (χ1) is 21.0. The summed E-state index contributed by atoms with van der Waals surface area (Å²) in [5.74, 6) is 1.39. The number of piperazine rings is 1. The Morgan fingerprint density at radius 1 is 0.953 bits per heavy atom. The van der Waals surface area contributed by atoms with Crippen molar-refractivity contribution in [2.24, 2.45) is 11.7 Å². The Morgan fingerprint density at radius 2 is 1.74 bits per heavy atom. The van der Waals surface area contributed by atoms with Gasteiger partial charge < -0.3 is 35.2 Å². The fraction of sp³-hybridized carbons (Fsp3) is 0.412. The van der Waals surface area contributed by atoms with Gasteiger partial charge in [-0.1, -0.05) is 30.7 Å². The second-order valence-corrected chi connectivity index (χ2v) is 11.8. The summed E-state index contributed by atoms with van der Waals surface area (Å²) in [6.07, 6.45) is 3.75. The highest BCUT2D eigenvalue weighted by atomic mass is 16.7. The molecule has 0 unspecified atom stereocenters. The van der Waals surface area contributed by atoms with Crippen LogP contribution in [0.25, 0.3) is 11.1 Å². The van der Waals surface area contributed by atoms with E-state index in [1.165, 1.54) is 0 Å². The van der Waals surface area contributed by atoms with Crippen LogP contribution in [0.1, 0.15) is 41.6 Å². The molecule has 2 fully saturated rings. The Hall–Kier alpha value is -4.08. The number of anilines is 2. The number of amides is 2. The number of fused-ring (bicyclic) bond motifs is 1. The normalized spacial score (nSPS) is 16.6. The Kier molecular flexibility index (Phi) is 8.81. The van der Waals surface area contributed by atoms with E-state index < -0.39 is 0 Å². The van der Waals surface area contributed by atoms with E-state index in [-0.39, 0.29) is 24.5 Å². The van der Waals surface area contributed by atoms with Crippen molar-refractivity contribution >= 4 is 23.2 Å². The van der Waals surface area contributed by atoms with E-state index >= 15 is 0 Å². The second kappa shape index (κ2) is 13.1. The summed E-state index contributed by atoms with van der Waals surface area (Å²) in [5, 5.41) is 3.27. The molecule has 0 aromatic heterocycles. The van der Waals surface area contributed by atoms with Crippen molar-refractivity contribution in [1.29, 1.82) is 0 Å². The zero-order chi connectivity index (χ0) is 29.8. The molecule has 9 nitrogen and oxygen atoms in total. The summed E-state index contributed by atoms with van der Waals surface area (Å²) < 4.78 is 10.9. The Balaban J connectivity index is 1.25. The molecule has 2 aliphatic heterocycles. The third-order valence-electron chi connectivity index (χ3n) is 8.75. The fourth-order valence-corrected chi connectivity index (χ4v) is 5.86. The first-order valence-electron chi connectivity index (χ1n) is 15.4. The molecule has 3 aromatic carbocycles. The van der Waals surface area contributed by atoms with E-state index in [1.54, 1.807) is 18.2 Å².